The maximum atomic E-state index is 12.8. The number of aliphatic hydroxyl groups is 1. The number of nitrogens with one attached hydrogen (secondary N) is 1. The van der Waals surface area contributed by atoms with Crippen LogP contribution in [0.15, 0.2) is 18.3 Å². The lowest BCUT2D eigenvalue weighted by Crippen LogP contribution is -2.69. The largest absolute Gasteiger partial charge is 0.481 e. The van der Waals surface area contributed by atoms with Crippen LogP contribution >= 0.6 is 0 Å². The molecular formula is C18H23F3N6O3. The Morgan fingerprint density at radius 2 is 2.03 bits per heavy atom. The molecule has 0 radical (unpaired) electrons. The third-order valence-corrected chi connectivity index (χ3v) is 5.26. The summed E-state index contributed by atoms with van der Waals surface area (Å²) in [6.45, 7) is 2.70. The van der Waals surface area contributed by atoms with Crippen molar-refractivity contribution in [1.29, 1.82) is 0 Å². The van der Waals surface area contributed by atoms with Crippen LogP contribution in [0, 0.1) is 11.8 Å². The first-order valence-electron chi connectivity index (χ1n) is 9.45. The summed E-state index contributed by atoms with van der Waals surface area (Å²) in [4.78, 5) is 17.4. The van der Waals surface area contributed by atoms with Crippen molar-refractivity contribution >= 4 is 11.8 Å². The zero-order valence-corrected chi connectivity index (χ0v) is 16.5. The van der Waals surface area contributed by atoms with E-state index in [1.165, 1.54) is 11.1 Å². The predicted molar refractivity (Wildman–Crippen MR) is 98.7 cm³/mol. The maximum absolute atomic E-state index is 12.8. The molecule has 0 unspecified atom stereocenters. The van der Waals surface area contributed by atoms with Gasteiger partial charge in [-0.1, -0.05) is 19.9 Å². The molecule has 1 aliphatic heterocycles. The lowest BCUT2D eigenvalue weighted by atomic mass is 9.81. The molecule has 0 spiro atoms. The van der Waals surface area contributed by atoms with Gasteiger partial charge in [-0.05, 0) is 40.8 Å². The number of nitrogens with zero attached hydrogens (tertiary/aromatic N) is 5. The van der Waals surface area contributed by atoms with Gasteiger partial charge in [0, 0.05) is 12.1 Å². The SMILES string of the molecule is CC(C)C[C@H](C(=O)O)[C@H](Cc1ccc(N2CC(O)(C(F)(F)F)C2)nc1)c1nnn[nH]1. The normalized spacial score (nSPS) is 18.2. The van der Waals surface area contributed by atoms with Crippen molar-refractivity contribution < 1.29 is 28.2 Å². The smallest absolute Gasteiger partial charge is 0.420 e. The number of hydrogen-bond acceptors (Lipinski definition) is 7. The minimum Gasteiger partial charge on any atom is -0.481 e. The molecule has 0 amide bonds. The summed E-state index contributed by atoms with van der Waals surface area (Å²) in [5, 5.41) is 32.9. The third-order valence-electron chi connectivity index (χ3n) is 5.26. The number of carbonyl (C=O) groups is 1. The molecule has 2 aromatic heterocycles. The van der Waals surface area contributed by atoms with Crippen LogP contribution in [0.25, 0.3) is 0 Å². The molecule has 2 atom stereocenters. The fraction of sp³-hybridized carbons (Fsp3) is 0.611. The number of tetrazole rings is 1. The molecule has 1 fully saturated rings. The molecule has 3 heterocycles. The molecule has 3 N–H and O–H groups in total. The van der Waals surface area contributed by atoms with Gasteiger partial charge < -0.3 is 15.1 Å². The van der Waals surface area contributed by atoms with Crippen LogP contribution in [0.3, 0.4) is 0 Å². The summed E-state index contributed by atoms with van der Waals surface area (Å²) < 4.78 is 38.3. The molecule has 0 aromatic carbocycles. The number of alkyl halides is 3. The summed E-state index contributed by atoms with van der Waals surface area (Å²) in [7, 11) is 0. The Hall–Kier alpha value is -2.76. The highest BCUT2D eigenvalue weighted by atomic mass is 19.4. The van der Waals surface area contributed by atoms with Crippen molar-refractivity contribution in [2.75, 3.05) is 18.0 Å². The average molecular weight is 428 g/mol. The van der Waals surface area contributed by atoms with Gasteiger partial charge in [0.15, 0.2) is 11.4 Å². The number of carboxylic acid groups (broad SMARTS) is 1. The number of hydrogen-bond donors (Lipinski definition) is 3. The Morgan fingerprint density at radius 1 is 1.33 bits per heavy atom. The Balaban J connectivity index is 1.74. The first kappa shape index (κ1) is 21.9. The molecular weight excluding hydrogens is 405 g/mol. The van der Waals surface area contributed by atoms with Crippen LogP contribution in [0.1, 0.15) is 37.6 Å². The standard InChI is InChI=1S/C18H23F3N6O3/c1-10(2)5-13(16(28)29)12(15-23-25-26-24-15)6-11-3-4-14(22-7-11)27-8-17(30,9-27)18(19,20)21/h3-4,7,10,12-13,30H,5-6,8-9H2,1-2H3,(H,28,29)(H,23,24,25,26)/t12-,13-/m0/s1. The molecule has 30 heavy (non-hydrogen) atoms. The monoisotopic (exact) mass is 428 g/mol. The van der Waals surface area contributed by atoms with E-state index in [-0.39, 0.29) is 5.92 Å². The van der Waals surface area contributed by atoms with Gasteiger partial charge >= 0.3 is 12.1 Å². The zero-order chi connectivity index (χ0) is 22.1. The highest BCUT2D eigenvalue weighted by Gasteiger charge is 2.61. The van der Waals surface area contributed by atoms with Crippen LogP contribution in [0.2, 0.25) is 0 Å². The molecule has 0 aliphatic carbocycles. The van der Waals surface area contributed by atoms with E-state index in [1.807, 2.05) is 13.8 Å². The minimum absolute atomic E-state index is 0.142. The van der Waals surface area contributed by atoms with E-state index in [2.05, 4.69) is 25.6 Å². The van der Waals surface area contributed by atoms with Gasteiger partial charge in [-0.3, -0.25) is 4.79 Å². The first-order valence-corrected chi connectivity index (χ1v) is 9.45. The van der Waals surface area contributed by atoms with E-state index in [4.69, 9.17) is 0 Å². The van der Waals surface area contributed by atoms with Crippen molar-refractivity contribution in [3.8, 4) is 0 Å². The molecule has 1 saturated heterocycles. The predicted octanol–water partition coefficient (Wildman–Crippen LogP) is 1.78. The quantitative estimate of drug-likeness (QED) is 0.581. The lowest BCUT2D eigenvalue weighted by molar-refractivity contribution is -0.267. The van der Waals surface area contributed by atoms with Gasteiger partial charge in [0.2, 0.25) is 0 Å². The number of rotatable bonds is 8. The highest BCUT2D eigenvalue weighted by molar-refractivity contribution is 5.71. The zero-order valence-electron chi connectivity index (χ0n) is 16.5. The van der Waals surface area contributed by atoms with Gasteiger partial charge in [-0.25, -0.2) is 10.1 Å². The van der Waals surface area contributed by atoms with E-state index < -0.39 is 42.7 Å². The fourth-order valence-electron chi connectivity index (χ4n) is 3.60. The molecule has 12 heteroatoms. The summed E-state index contributed by atoms with van der Waals surface area (Å²) in [6, 6.07) is 3.23. The Kier molecular flexibility index (Phi) is 5.97. The number of anilines is 1. The summed E-state index contributed by atoms with van der Waals surface area (Å²) >= 11 is 0. The molecule has 1 aliphatic rings. The van der Waals surface area contributed by atoms with Gasteiger partial charge in [0.05, 0.1) is 19.0 Å². The second-order valence-electron chi connectivity index (χ2n) is 8.08. The molecule has 0 bridgehead atoms. The molecule has 164 valence electrons. The molecule has 9 nitrogen and oxygen atoms in total. The van der Waals surface area contributed by atoms with Crippen molar-refractivity contribution in [1.82, 2.24) is 25.6 Å². The molecule has 3 rings (SSSR count). The second kappa shape index (κ2) is 8.17. The van der Waals surface area contributed by atoms with E-state index in [0.29, 0.717) is 30.0 Å². The van der Waals surface area contributed by atoms with Crippen LogP contribution in [0.4, 0.5) is 19.0 Å². The van der Waals surface area contributed by atoms with Crippen LogP contribution in [-0.2, 0) is 11.2 Å². The number of β-amino-alcohol motifs (C(OH)–C–C–N with tert-alkyl or cyclic N) is 1. The van der Waals surface area contributed by atoms with Crippen molar-refractivity contribution in [2.45, 2.75) is 44.4 Å². The van der Waals surface area contributed by atoms with E-state index in [9.17, 15) is 28.2 Å². The Labute approximate surface area is 170 Å². The number of pyridine rings is 1. The molecule has 2 aromatic rings. The summed E-state index contributed by atoms with van der Waals surface area (Å²) in [6.07, 6.45) is -2.48. The van der Waals surface area contributed by atoms with Gasteiger partial charge in [-0.2, -0.15) is 13.2 Å². The second-order valence-corrected chi connectivity index (χ2v) is 8.08. The summed E-state index contributed by atoms with van der Waals surface area (Å²) in [5.41, 5.74) is -2.02. The van der Waals surface area contributed by atoms with Gasteiger partial charge in [0.1, 0.15) is 5.82 Å². The van der Waals surface area contributed by atoms with E-state index in [0.717, 1.165) is 0 Å². The number of aromatic amines is 1. The number of aliphatic carboxylic acids is 1. The van der Waals surface area contributed by atoms with Crippen molar-refractivity contribution in [3.05, 3.63) is 29.7 Å². The topological polar surface area (TPSA) is 128 Å². The number of carboxylic acids is 1. The van der Waals surface area contributed by atoms with E-state index >= 15 is 0 Å². The van der Waals surface area contributed by atoms with Crippen molar-refractivity contribution in [3.63, 3.8) is 0 Å². The van der Waals surface area contributed by atoms with Crippen LogP contribution in [-0.4, -0.2) is 66.7 Å². The minimum atomic E-state index is -4.69. The third kappa shape index (κ3) is 4.53. The number of halogens is 3. The summed E-state index contributed by atoms with van der Waals surface area (Å²) in [5.74, 6) is -1.40. The number of aromatic nitrogens is 5. The first-order chi connectivity index (χ1) is 14.0. The van der Waals surface area contributed by atoms with Crippen LogP contribution in [0.5, 0.6) is 0 Å². The van der Waals surface area contributed by atoms with E-state index in [1.54, 1.807) is 12.1 Å². The fourth-order valence-corrected chi connectivity index (χ4v) is 3.60. The van der Waals surface area contributed by atoms with Crippen molar-refractivity contribution in [2.24, 2.45) is 11.8 Å². The average Bonchev–Trinajstić information content (AvgIpc) is 3.15. The Bertz CT molecular complexity index is 851. The number of H-pyrrole nitrogens is 1. The van der Waals surface area contributed by atoms with Crippen LogP contribution < -0.4 is 4.90 Å². The maximum Gasteiger partial charge on any atom is 0.420 e. The Morgan fingerprint density at radius 3 is 2.50 bits per heavy atom. The highest BCUT2D eigenvalue weighted by Crippen LogP contribution is 2.39. The van der Waals surface area contributed by atoms with Gasteiger partial charge in [-0.15, -0.1) is 5.10 Å². The lowest BCUT2D eigenvalue weighted by Gasteiger charge is -2.47. The molecule has 0 saturated carbocycles. The van der Waals surface area contributed by atoms with Gasteiger partial charge in [0.25, 0.3) is 0 Å².